The minimum Gasteiger partial charge on any atom is -0.497 e. The molecule has 10 heteroatoms. The van der Waals surface area contributed by atoms with E-state index in [1.165, 1.54) is 0 Å². The van der Waals surface area contributed by atoms with Gasteiger partial charge in [0.15, 0.2) is 5.78 Å². The summed E-state index contributed by atoms with van der Waals surface area (Å²) in [4.78, 5) is 64.2. The third-order valence-corrected chi connectivity index (χ3v) is 11.0. The van der Waals surface area contributed by atoms with Crippen molar-refractivity contribution in [1.29, 1.82) is 0 Å². The highest BCUT2D eigenvalue weighted by Gasteiger charge is 2.61. The molecule has 3 heterocycles. The standard InChI is InChI=1S/C42H51N3O7/c1-7-28-24-42(28,40(49)51-8-2)25-36(46)35-21-30(26-45(35)39(48)32(41(3,4)5)22-38(47)44-18-12-13-19-44)52-37-23-33(27-14-10-9-11-15-27)43-34-20-29(50-6)16-17-31(34)37/h7,9-11,14-17,20,23,28,30,32,35H,1,8,12-13,18-19,21-22,24-26H2,2-6H3/t28?,30-,32-,35+,42?/m1/s1. The van der Waals surface area contributed by atoms with E-state index in [2.05, 4.69) is 6.58 Å². The molecular formula is C42H51N3O7. The minimum absolute atomic E-state index is 0.0409. The highest BCUT2D eigenvalue weighted by Crippen LogP contribution is 2.57. The molecule has 2 saturated heterocycles. The van der Waals surface area contributed by atoms with Crippen LogP contribution >= 0.6 is 0 Å². The van der Waals surface area contributed by atoms with Crippen LogP contribution in [-0.4, -0.2) is 83.8 Å². The fourth-order valence-corrected chi connectivity index (χ4v) is 7.86. The van der Waals surface area contributed by atoms with Crippen molar-refractivity contribution in [2.24, 2.45) is 22.7 Å². The van der Waals surface area contributed by atoms with Crippen LogP contribution in [0.4, 0.5) is 0 Å². The number of allylic oxidation sites excluding steroid dienone is 1. The first-order valence-corrected chi connectivity index (χ1v) is 18.5. The second-order valence-electron chi connectivity index (χ2n) is 15.5. The molecule has 1 aromatic heterocycles. The predicted molar refractivity (Wildman–Crippen MR) is 199 cm³/mol. The van der Waals surface area contributed by atoms with E-state index in [1.54, 1.807) is 25.0 Å². The first-order valence-electron chi connectivity index (χ1n) is 18.5. The summed E-state index contributed by atoms with van der Waals surface area (Å²) < 4.78 is 17.7. The normalized spacial score (nSPS) is 23.3. The van der Waals surface area contributed by atoms with E-state index >= 15 is 0 Å². The molecule has 276 valence electrons. The highest BCUT2D eigenvalue weighted by molar-refractivity contribution is 5.96. The number of amides is 2. The van der Waals surface area contributed by atoms with Gasteiger partial charge in [-0.2, -0.15) is 0 Å². The van der Waals surface area contributed by atoms with Crippen molar-refractivity contribution in [3.05, 3.63) is 67.3 Å². The molecule has 52 heavy (non-hydrogen) atoms. The first-order chi connectivity index (χ1) is 24.9. The van der Waals surface area contributed by atoms with Crippen LogP contribution in [0.25, 0.3) is 22.2 Å². The number of methoxy groups -OCH3 is 1. The van der Waals surface area contributed by atoms with E-state index in [4.69, 9.17) is 19.2 Å². The summed E-state index contributed by atoms with van der Waals surface area (Å²) in [5.74, 6) is -0.520. The number of carbonyl (C=O) groups is 4. The Hall–Kier alpha value is -4.73. The Bertz CT molecular complexity index is 1830. The number of ether oxygens (including phenoxy) is 3. The molecule has 0 bridgehead atoms. The number of aromatic nitrogens is 1. The van der Waals surface area contributed by atoms with Crippen molar-refractivity contribution in [2.75, 3.05) is 33.4 Å². The second-order valence-corrected chi connectivity index (χ2v) is 15.5. The van der Waals surface area contributed by atoms with Crippen molar-refractivity contribution in [2.45, 2.75) is 78.4 Å². The summed E-state index contributed by atoms with van der Waals surface area (Å²) in [7, 11) is 1.61. The molecule has 2 amide bonds. The van der Waals surface area contributed by atoms with Gasteiger partial charge in [-0.25, -0.2) is 4.98 Å². The number of fused-ring (bicyclic) bond motifs is 1. The van der Waals surface area contributed by atoms with Crippen LogP contribution in [0.1, 0.15) is 66.2 Å². The molecule has 1 aliphatic carbocycles. The number of rotatable bonds is 13. The van der Waals surface area contributed by atoms with Gasteiger partial charge in [-0.1, -0.05) is 57.2 Å². The lowest BCUT2D eigenvalue weighted by atomic mass is 9.77. The molecule has 0 spiro atoms. The van der Waals surface area contributed by atoms with Gasteiger partial charge < -0.3 is 24.0 Å². The number of nitrogens with zero attached hydrogens (tertiary/aromatic N) is 3. The number of hydrogen-bond donors (Lipinski definition) is 0. The number of esters is 1. The third-order valence-electron chi connectivity index (χ3n) is 11.0. The lowest BCUT2D eigenvalue weighted by molar-refractivity contribution is -0.153. The van der Waals surface area contributed by atoms with Crippen molar-refractivity contribution in [3.63, 3.8) is 0 Å². The van der Waals surface area contributed by atoms with Gasteiger partial charge in [-0.05, 0) is 49.7 Å². The lowest BCUT2D eigenvalue weighted by Crippen LogP contribution is -2.48. The van der Waals surface area contributed by atoms with Crippen molar-refractivity contribution >= 4 is 34.5 Å². The van der Waals surface area contributed by atoms with Gasteiger partial charge in [0.25, 0.3) is 0 Å². The van der Waals surface area contributed by atoms with E-state index in [0.29, 0.717) is 42.2 Å². The topological polar surface area (TPSA) is 115 Å². The maximum Gasteiger partial charge on any atom is 0.313 e. The van der Waals surface area contributed by atoms with Gasteiger partial charge in [0.1, 0.15) is 17.6 Å². The zero-order chi connectivity index (χ0) is 37.2. The molecule has 3 fully saturated rings. The Morgan fingerprint density at radius 3 is 2.42 bits per heavy atom. The largest absolute Gasteiger partial charge is 0.497 e. The number of likely N-dealkylation sites (tertiary alicyclic amines) is 2. The third kappa shape index (κ3) is 7.57. The smallest absolute Gasteiger partial charge is 0.313 e. The summed E-state index contributed by atoms with van der Waals surface area (Å²) in [5, 5.41) is 0.769. The molecule has 2 aromatic carbocycles. The number of ketones is 1. The van der Waals surface area contributed by atoms with E-state index in [9.17, 15) is 19.2 Å². The Kier molecular flexibility index (Phi) is 10.7. The monoisotopic (exact) mass is 709 g/mol. The minimum atomic E-state index is -0.984. The van der Waals surface area contributed by atoms with Gasteiger partial charge in [-0.3, -0.25) is 19.2 Å². The molecule has 0 radical (unpaired) electrons. The first kappa shape index (κ1) is 37.0. The van der Waals surface area contributed by atoms with Crippen LogP contribution < -0.4 is 9.47 Å². The van der Waals surface area contributed by atoms with Gasteiger partial charge >= 0.3 is 5.97 Å². The van der Waals surface area contributed by atoms with Crippen LogP contribution in [-0.2, 0) is 23.9 Å². The Labute approximate surface area is 306 Å². The molecule has 5 atom stereocenters. The molecule has 1 saturated carbocycles. The number of hydrogen-bond acceptors (Lipinski definition) is 8. The van der Waals surface area contributed by atoms with Crippen LogP contribution in [0.2, 0.25) is 0 Å². The van der Waals surface area contributed by atoms with Crippen LogP contribution in [0.15, 0.2) is 67.3 Å². The van der Waals surface area contributed by atoms with Crippen molar-refractivity contribution in [1.82, 2.24) is 14.8 Å². The fourth-order valence-electron chi connectivity index (χ4n) is 7.86. The number of Topliss-reactive ketones (excluding diaryl/α,β-unsaturated/α-hetero) is 1. The molecule has 0 N–H and O–H groups in total. The summed E-state index contributed by atoms with van der Waals surface area (Å²) in [6.45, 7) is 13.3. The molecule has 3 aromatic rings. The maximum absolute atomic E-state index is 14.7. The number of pyridine rings is 1. The SMILES string of the molecule is C=CC1CC1(CC(=O)[C@@H]1C[C@@H](Oc2cc(-c3ccccc3)nc3cc(OC)ccc23)CN1C(=O)[C@@H](CC(=O)N1CCCC1)C(C)(C)C)C(=O)OCC. The predicted octanol–water partition coefficient (Wildman–Crippen LogP) is 6.65. The summed E-state index contributed by atoms with van der Waals surface area (Å²) in [5.41, 5.74) is 0.768. The molecule has 10 nitrogen and oxygen atoms in total. The van der Waals surface area contributed by atoms with Gasteiger partial charge in [0.2, 0.25) is 11.8 Å². The zero-order valence-electron chi connectivity index (χ0n) is 31.1. The van der Waals surface area contributed by atoms with Crippen LogP contribution in [0, 0.1) is 22.7 Å². The van der Waals surface area contributed by atoms with Gasteiger partial charge in [0, 0.05) is 55.4 Å². The molecule has 6 rings (SSSR count). The quantitative estimate of drug-likeness (QED) is 0.143. The molecular weight excluding hydrogens is 658 g/mol. The van der Waals surface area contributed by atoms with Crippen molar-refractivity contribution in [3.8, 4) is 22.8 Å². The summed E-state index contributed by atoms with van der Waals surface area (Å²) in [6.07, 6.45) is 3.79. The van der Waals surface area contributed by atoms with E-state index < -0.39 is 34.9 Å². The Morgan fingerprint density at radius 2 is 1.79 bits per heavy atom. The maximum atomic E-state index is 14.7. The van der Waals surface area contributed by atoms with Gasteiger partial charge in [0.05, 0.1) is 48.8 Å². The summed E-state index contributed by atoms with van der Waals surface area (Å²) >= 11 is 0. The zero-order valence-corrected chi connectivity index (χ0v) is 31.1. The Balaban J connectivity index is 1.34. The van der Waals surface area contributed by atoms with E-state index in [1.807, 2.05) is 80.3 Å². The lowest BCUT2D eigenvalue weighted by Gasteiger charge is -2.35. The van der Waals surface area contributed by atoms with E-state index in [-0.39, 0.29) is 55.9 Å². The second kappa shape index (κ2) is 15.1. The molecule has 2 unspecified atom stereocenters. The average Bonchev–Trinajstić information content (AvgIpc) is 3.42. The van der Waals surface area contributed by atoms with E-state index in [0.717, 1.165) is 23.8 Å². The Morgan fingerprint density at radius 1 is 1.06 bits per heavy atom. The number of carbonyl (C=O) groups excluding carboxylic acids is 4. The van der Waals surface area contributed by atoms with Gasteiger partial charge in [-0.15, -0.1) is 6.58 Å². The summed E-state index contributed by atoms with van der Waals surface area (Å²) in [6, 6.07) is 16.5. The van der Waals surface area contributed by atoms with Crippen molar-refractivity contribution < 1.29 is 33.4 Å². The molecule has 2 aliphatic heterocycles. The average molecular weight is 710 g/mol. The van der Waals surface area contributed by atoms with Crippen LogP contribution in [0.3, 0.4) is 0 Å². The number of benzene rings is 2. The molecule has 3 aliphatic rings. The fraction of sp³-hybridized carbons (Fsp3) is 0.500. The highest BCUT2D eigenvalue weighted by atomic mass is 16.5. The van der Waals surface area contributed by atoms with Crippen LogP contribution in [0.5, 0.6) is 11.5 Å².